The Balaban J connectivity index is 1.63. The highest BCUT2D eigenvalue weighted by molar-refractivity contribution is 9.10. The molecule has 1 aromatic carbocycles. The molecule has 3 aromatic heterocycles. The lowest BCUT2D eigenvalue weighted by molar-refractivity contribution is 0.307. The Morgan fingerprint density at radius 2 is 1.70 bits per heavy atom. The minimum Gasteiger partial charge on any atom is -0.352 e. The molecule has 1 aliphatic rings. The summed E-state index contributed by atoms with van der Waals surface area (Å²) in [5.41, 5.74) is 6.65. The van der Waals surface area contributed by atoms with Gasteiger partial charge in [0.25, 0.3) is 0 Å². The standard InChI is InChI=1S/C26H24BrN5S/c1-17-15-20(18(2)32(17)23-12-4-3-10-21(23)27)25-24(22-11-6-8-14-29-22)30-26(33)31(25)16-19-9-5-7-13-28-19/h3-15,24-25H,16H2,1-2H3,(H,30,33)/t24-,25+/m0/s1. The van der Waals surface area contributed by atoms with Crippen LogP contribution in [0.3, 0.4) is 0 Å². The molecule has 1 fully saturated rings. The normalized spacial score (nSPS) is 17.9. The molecule has 0 amide bonds. The molecule has 0 aliphatic carbocycles. The maximum absolute atomic E-state index is 5.84. The number of hydrogen-bond donors (Lipinski definition) is 1. The van der Waals surface area contributed by atoms with E-state index in [2.05, 4.69) is 84.9 Å². The molecule has 0 radical (unpaired) electrons. The Morgan fingerprint density at radius 1 is 0.970 bits per heavy atom. The van der Waals surface area contributed by atoms with Gasteiger partial charge >= 0.3 is 0 Å². The third-order valence-corrected chi connectivity index (χ3v) is 7.16. The van der Waals surface area contributed by atoms with Gasteiger partial charge in [-0.25, -0.2) is 0 Å². The van der Waals surface area contributed by atoms with Gasteiger partial charge < -0.3 is 14.8 Å². The van der Waals surface area contributed by atoms with Gasteiger partial charge in [-0.05, 0) is 90.0 Å². The van der Waals surface area contributed by atoms with E-state index in [0.717, 1.165) is 21.5 Å². The molecule has 5 nitrogen and oxygen atoms in total. The predicted octanol–water partition coefficient (Wildman–Crippen LogP) is 5.82. The molecule has 4 heterocycles. The SMILES string of the molecule is Cc1cc([C@@H]2[C@H](c3ccccn3)NC(=S)N2Cc2ccccn2)c(C)n1-c1ccccc1Br. The molecular formula is C26H24BrN5S. The summed E-state index contributed by atoms with van der Waals surface area (Å²) in [6, 6.07) is 22.5. The molecule has 0 saturated carbocycles. The summed E-state index contributed by atoms with van der Waals surface area (Å²) in [4.78, 5) is 11.5. The van der Waals surface area contributed by atoms with E-state index in [4.69, 9.17) is 12.2 Å². The van der Waals surface area contributed by atoms with Crippen LogP contribution in [0.15, 0.2) is 83.6 Å². The van der Waals surface area contributed by atoms with Crippen molar-refractivity contribution in [1.29, 1.82) is 0 Å². The second-order valence-electron chi connectivity index (χ2n) is 8.19. The van der Waals surface area contributed by atoms with Crippen LogP contribution in [0.4, 0.5) is 0 Å². The van der Waals surface area contributed by atoms with E-state index in [1.54, 1.807) is 0 Å². The lowest BCUT2D eigenvalue weighted by Crippen LogP contribution is -2.29. The van der Waals surface area contributed by atoms with Crippen LogP contribution in [0.2, 0.25) is 0 Å². The molecular weight excluding hydrogens is 494 g/mol. The van der Waals surface area contributed by atoms with Gasteiger partial charge in [0.1, 0.15) is 0 Å². The molecule has 2 atom stereocenters. The summed E-state index contributed by atoms with van der Waals surface area (Å²) in [5.74, 6) is 0. The van der Waals surface area contributed by atoms with Crippen LogP contribution >= 0.6 is 28.1 Å². The zero-order valence-corrected chi connectivity index (χ0v) is 20.8. The summed E-state index contributed by atoms with van der Waals surface area (Å²) < 4.78 is 3.36. The van der Waals surface area contributed by atoms with Crippen molar-refractivity contribution in [2.75, 3.05) is 0 Å². The van der Waals surface area contributed by atoms with Crippen molar-refractivity contribution in [3.63, 3.8) is 0 Å². The summed E-state index contributed by atoms with van der Waals surface area (Å²) in [5, 5.41) is 4.26. The molecule has 1 N–H and O–H groups in total. The van der Waals surface area contributed by atoms with E-state index in [-0.39, 0.29) is 12.1 Å². The second kappa shape index (κ2) is 9.08. The molecule has 1 saturated heterocycles. The Bertz CT molecular complexity index is 1290. The van der Waals surface area contributed by atoms with Gasteiger partial charge in [-0.3, -0.25) is 9.97 Å². The van der Waals surface area contributed by atoms with E-state index in [0.29, 0.717) is 11.7 Å². The third-order valence-electron chi connectivity index (χ3n) is 6.14. The fourth-order valence-electron chi connectivity index (χ4n) is 4.67. The Hall–Kier alpha value is -3.03. The van der Waals surface area contributed by atoms with Gasteiger partial charge in [-0.1, -0.05) is 24.3 Å². The first-order valence-electron chi connectivity index (χ1n) is 10.9. The Labute approximate surface area is 207 Å². The fourth-order valence-corrected chi connectivity index (χ4v) is 5.44. The number of para-hydroxylation sites is 1. The average Bonchev–Trinajstić information content (AvgIpc) is 3.30. The largest absolute Gasteiger partial charge is 0.352 e. The van der Waals surface area contributed by atoms with Gasteiger partial charge in [0, 0.05) is 28.3 Å². The van der Waals surface area contributed by atoms with Crippen LogP contribution in [-0.2, 0) is 6.54 Å². The van der Waals surface area contributed by atoms with E-state index < -0.39 is 0 Å². The van der Waals surface area contributed by atoms with Gasteiger partial charge in [-0.2, -0.15) is 0 Å². The van der Waals surface area contributed by atoms with Gasteiger partial charge in [0.05, 0.1) is 35.7 Å². The van der Waals surface area contributed by atoms with Crippen molar-refractivity contribution in [2.45, 2.75) is 32.5 Å². The van der Waals surface area contributed by atoms with E-state index in [1.807, 2.05) is 48.8 Å². The number of hydrogen-bond acceptors (Lipinski definition) is 3. The number of pyridine rings is 2. The highest BCUT2D eigenvalue weighted by atomic mass is 79.9. The Morgan fingerprint density at radius 3 is 2.39 bits per heavy atom. The molecule has 5 rings (SSSR count). The lowest BCUT2D eigenvalue weighted by Gasteiger charge is -2.28. The van der Waals surface area contributed by atoms with Gasteiger partial charge in [-0.15, -0.1) is 0 Å². The number of benzene rings is 1. The lowest BCUT2D eigenvalue weighted by atomic mass is 9.96. The number of nitrogens with zero attached hydrogens (tertiary/aromatic N) is 4. The topological polar surface area (TPSA) is 46.0 Å². The van der Waals surface area contributed by atoms with Crippen LogP contribution in [0.1, 0.15) is 40.4 Å². The fraction of sp³-hybridized carbons (Fsp3) is 0.192. The third kappa shape index (κ3) is 4.07. The van der Waals surface area contributed by atoms with Crippen LogP contribution < -0.4 is 5.32 Å². The van der Waals surface area contributed by atoms with Crippen LogP contribution in [0.5, 0.6) is 0 Å². The van der Waals surface area contributed by atoms with Crippen molar-refractivity contribution in [3.8, 4) is 5.69 Å². The first-order chi connectivity index (χ1) is 16.0. The smallest absolute Gasteiger partial charge is 0.170 e. The van der Waals surface area contributed by atoms with E-state index in [9.17, 15) is 0 Å². The number of aryl methyl sites for hydroxylation is 1. The molecule has 0 spiro atoms. The van der Waals surface area contributed by atoms with Crippen LogP contribution in [-0.4, -0.2) is 24.5 Å². The van der Waals surface area contributed by atoms with Crippen molar-refractivity contribution in [3.05, 3.63) is 112 Å². The molecule has 4 aromatic rings. The molecule has 166 valence electrons. The minimum absolute atomic E-state index is 0.0168. The molecule has 0 unspecified atom stereocenters. The van der Waals surface area contributed by atoms with Crippen LogP contribution in [0.25, 0.3) is 5.69 Å². The highest BCUT2D eigenvalue weighted by Crippen LogP contribution is 2.42. The highest BCUT2D eigenvalue weighted by Gasteiger charge is 2.41. The number of halogens is 1. The van der Waals surface area contributed by atoms with Gasteiger partial charge in [0.15, 0.2) is 5.11 Å². The van der Waals surface area contributed by atoms with E-state index >= 15 is 0 Å². The van der Waals surface area contributed by atoms with Crippen molar-refractivity contribution < 1.29 is 0 Å². The zero-order chi connectivity index (χ0) is 22.9. The predicted molar refractivity (Wildman–Crippen MR) is 138 cm³/mol. The van der Waals surface area contributed by atoms with Crippen molar-refractivity contribution in [2.24, 2.45) is 0 Å². The average molecular weight is 518 g/mol. The molecule has 0 bridgehead atoms. The zero-order valence-electron chi connectivity index (χ0n) is 18.4. The number of thiocarbonyl (C=S) groups is 1. The maximum atomic E-state index is 5.84. The summed E-state index contributed by atoms with van der Waals surface area (Å²) in [6.45, 7) is 4.95. The molecule has 33 heavy (non-hydrogen) atoms. The van der Waals surface area contributed by atoms with Crippen LogP contribution in [0, 0.1) is 13.8 Å². The quantitative estimate of drug-likeness (QED) is 0.338. The molecule has 7 heteroatoms. The van der Waals surface area contributed by atoms with E-state index in [1.165, 1.54) is 17.0 Å². The number of aromatic nitrogens is 3. The summed E-state index contributed by atoms with van der Waals surface area (Å²) in [6.07, 6.45) is 3.66. The number of nitrogens with one attached hydrogen (secondary N) is 1. The Kier molecular flexibility index (Phi) is 6.00. The maximum Gasteiger partial charge on any atom is 0.170 e. The first kappa shape index (κ1) is 21.8. The van der Waals surface area contributed by atoms with Crippen molar-refractivity contribution in [1.82, 2.24) is 24.8 Å². The monoisotopic (exact) mass is 517 g/mol. The number of rotatable bonds is 5. The summed E-state index contributed by atoms with van der Waals surface area (Å²) >= 11 is 9.56. The minimum atomic E-state index is -0.0597. The first-order valence-corrected chi connectivity index (χ1v) is 12.1. The second-order valence-corrected chi connectivity index (χ2v) is 9.43. The van der Waals surface area contributed by atoms with Crippen molar-refractivity contribution >= 4 is 33.3 Å². The molecule has 1 aliphatic heterocycles. The van der Waals surface area contributed by atoms with Gasteiger partial charge in [0.2, 0.25) is 0 Å². The summed E-state index contributed by atoms with van der Waals surface area (Å²) in [7, 11) is 0.